The number of guanidine groups is 1. The van der Waals surface area contributed by atoms with Crippen molar-refractivity contribution in [3.63, 3.8) is 0 Å². The Hall–Kier alpha value is -2.28. The molecule has 26 heavy (non-hydrogen) atoms. The van der Waals surface area contributed by atoms with Gasteiger partial charge in [0.15, 0.2) is 5.96 Å². The normalized spacial score (nSPS) is 12.5. The number of thiazole rings is 1. The van der Waals surface area contributed by atoms with Crippen LogP contribution in [0.4, 0.5) is 0 Å². The van der Waals surface area contributed by atoms with E-state index in [4.69, 9.17) is 9.47 Å². The third-order valence-corrected chi connectivity index (χ3v) is 4.39. The van der Waals surface area contributed by atoms with Crippen molar-refractivity contribution in [2.75, 3.05) is 26.7 Å². The highest BCUT2D eigenvalue weighted by molar-refractivity contribution is 7.09. The van der Waals surface area contributed by atoms with Gasteiger partial charge in [0.25, 0.3) is 0 Å². The van der Waals surface area contributed by atoms with Gasteiger partial charge in [-0.3, -0.25) is 0 Å². The molecule has 0 spiro atoms. The Morgan fingerprint density at radius 1 is 1.31 bits per heavy atom. The number of aromatic nitrogens is 1. The maximum Gasteiger partial charge on any atom is 0.191 e. The van der Waals surface area contributed by atoms with E-state index in [0.29, 0.717) is 6.54 Å². The predicted octanol–water partition coefficient (Wildman–Crippen LogP) is 3.03. The van der Waals surface area contributed by atoms with Crippen molar-refractivity contribution in [2.45, 2.75) is 33.3 Å². The lowest BCUT2D eigenvalue weighted by atomic mass is 10.3. The largest absolute Gasteiger partial charge is 0.497 e. The molecule has 2 rings (SSSR count). The molecule has 1 heterocycles. The molecule has 0 amide bonds. The summed E-state index contributed by atoms with van der Waals surface area (Å²) in [7, 11) is 1.65. The summed E-state index contributed by atoms with van der Waals surface area (Å²) in [5.41, 5.74) is 1.12. The van der Waals surface area contributed by atoms with E-state index in [9.17, 15) is 0 Å². The molecule has 0 aliphatic carbocycles. The number of rotatable bonds is 9. The number of hydrogen-bond acceptors (Lipinski definition) is 5. The van der Waals surface area contributed by atoms with Gasteiger partial charge in [-0.2, -0.15) is 0 Å². The summed E-state index contributed by atoms with van der Waals surface area (Å²) in [4.78, 5) is 9.09. The van der Waals surface area contributed by atoms with Crippen molar-refractivity contribution < 1.29 is 9.47 Å². The minimum absolute atomic E-state index is 0.0428. The number of aryl methyl sites for hydroxylation is 1. The van der Waals surface area contributed by atoms with Gasteiger partial charge in [0.05, 0.1) is 24.4 Å². The van der Waals surface area contributed by atoms with Gasteiger partial charge in [-0.15, -0.1) is 11.3 Å². The van der Waals surface area contributed by atoms with Crippen molar-refractivity contribution >= 4 is 17.3 Å². The predicted molar refractivity (Wildman–Crippen MR) is 108 cm³/mol. The number of nitrogens with zero attached hydrogens (tertiary/aromatic N) is 2. The second-order valence-corrected chi connectivity index (χ2v) is 6.92. The molecule has 1 atom stereocenters. The van der Waals surface area contributed by atoms with E-state index in [1.165, 1.54) is 0 Å². The molecule has 1 aromatic heterocycles. The van der Waals surface area contributed by atoms with E-state index in [-0.39, 0.29) is 6.10 Å². The van der Waals surface area contributed by atoms with Crippen LogP contribution in [0.5, 0.6) is 11.5 Å². The lowest BCUT2D eigenvalue weighted by Crippen LogP contribution is -2.39. The van der Waals surface area contributed by atoms with Gasteiger partial charge in [-0.05, 0) is 32.9 Å². The van der Waals surface area contributed by atoms with Gasteiger partial charge in [-0.25, -0.2) is 9.98 Å². The highest BCUT2D eigenvalue weighted by atomic mass is 32.1. The highest BCUT2D eigenvalue weighted by Crippen LogP contribution is 2.19. The third kappa shape index (κ3) is 6.92. The van der Waals surface area contributed by atoms with Crippen LogP contribution in [0, 0.1) is 6.92 Å². The molecule has 2 N–H and O–H groups in total. The van der Waals surface area contributed by atoms with Crippen LogP contribution in [-0.2, 0) is 6.42 Å². The fraction of sp³-hybridized carbons (Fsp3) is 0.474. The molecule has 7 heteroatoms. The molecule has 1 unspecified atom stereocenters. The minimum atomic E-state index is -0.0428. The Morgan fingerprint density at radius 3 is 2.81 bits per heavy atom. The molecular formula is C19H28N4O2S. The number of aliphatic imine (C=N–C) groups is 1. The van der Waals surface area contributed by atoms with Crippen molar-refractivity contribution in [3.05, 3.63) is 40.3 Å². The van der Waals surface area contributed by atoms with Crippen LogP contribution in [-0.4, -0.2) is 43.8 Å². The fourth-order valence-corrected chi connectivity index (χ4v) is 2.98. The number of benzene rings is 1. The van der Waals surface area contributed by atoms with E-state index >= 15 is 0 Å². The number of hydrogen-bond donors (Lipinski definition) is 2. The zero-order chi connectivity index (χ0) is 18.8. The Morgan fingerprint density at radius 2 is 2.12 bits per heavy atom. The Balaban J connectivity index is 1.82. The van der Waals surface area contributed by atoms with Crippen molar-refractivity contribution in [1.29, 1.82) is 0 Å². The maximum absolute atomic E-state index is 5.91. The molecule has 0 saturated carbocycles. The van der Waals surface area contributed by atoms with Crippen LogP contribution >= 0.6 is 11.3 Å². The first-order valence-electron chi connectivity index (χ1n) is 8.84. The van der Waals surface area contributed by atoms with E-state index in [2.05, 4.69) is 32.9 Å². The van der Waals surface area contributed by atoms with Crippen LogP contribution in [0.1, 0.15) is 24.5 Å². The summed E-state index contributed by atoms with van der Waals surface area (Å²) in [6.07, 6.45) is 0.837. The number of nitrogens with one attached hydrogen (secondary N) is 2. The van der Waals surface area contributed by atoms with E-state index < -0.39 is 0 Å². The van der Waals surface area contributed by atoms with Gasteiger partial charge in [0.1, 0.15) is 17.6 Å². The van der Waals surface area contributed by atoms with Crippen molar-refractivity contribution in [2.24, 2.45) is 4.99 Å². The van der Waals surface area contributed by atoms with Gasteiger partial charge < -0.3 is 20.1 Å². The van der Waals surface area contributed by atoms with Crippen molar-refractivity contribution in [1.82, 2.24) is 15.6 Å². The molecule has 1 aromatic carbocycles. The molecule has 6 nitrogen and oxygen atoms in total. The van der Waals surface area contributed by atoms with Crippen LogP contribution < -0.4 is 20.1 Å². The summed E-state index contributed by atoms with van der Waals surface area (Å²) in [6.45, 7) is 8.24. The minimum Gasteiger partial charge on any atom is -0.497 e. The molecule has 0 saturated heterocycles. The average molecular weight is 377 g/mol. The first-order valence-corrected chi connectivity index (χ1v) is 9.72. The third-order valence-electron chi connectivity index (χ3n) is 3.57. The SMILES string of the molecule is CCNC(=NCC(C)Oc1cccc(OC)c1)NCCc1csc(C)n1. The molecule has 0 radical (unpaired) electrons. The first-order chi connectivity index (χ1) is 12.6. The van der Waals surface area contributed by atoms with Crippen molar-refractivity contribution in [3.8, 4) is 11.5 Å². The quantitative estimate of drug-likeness (QED) is 0.520. The molecule has 0 aliphatic rings. The van der Waals surface area contributed by atoms with E-state index in [1.54, 1.807) is 18.4 Å². The smallest absolute Gasteiger partial charge is 0.191 e. The molecule has 142 valence electrons. The standard InChI is InChI=1S/C19H28N4O2S/c1-5-20-19(21-10-9-16-13-26-15(3)23-16)22-12-14(2)25-18-8-6-7-17(11-18)24-4/h6-8,11,13-14H,5,9-10,12H2,1-4H3,(H2,20,21,22). The number of ether oxygens (including phenoxy) is 2. The van der Waals surface area contributed by atoms with Gasteiger partial charge in [-0.1, -0.05) is 6.07 Å². The van der Waals surface area contributed by atoms with Gasteiger partial charge in [0, 0.05) is 31.0 Å². The maximum atomic E-state index is 5.91. The van der Waals surface area contributed by atoms with Crippen LogP contribution in [0.25, 0.3) is 0 Å². The lowest BCUT2D eigenvalue weighted by Gasteiger charge is -2.15. The second kappa shape index (κ2) is 10.7. The lowest BCUT2D eigenvalue weighted by molar-refractivity contribution is 0.229. The van der Waals surface area contributed by atoms with E-state index in [1.807, 2.05) is 38.1 Å². The summed E-state index contributed by atoms with van der Waals surface area (Å²) < 4.78 is 11.1. The average Bonchev–Trinajstić information content (AvgIpc) is 3.05. The van der Waals surface area contributed by atoms with Gasteiger partial charge in [0.2, 0.25) is 0 Å². The van der Waals surface area contributed by atoms with Crippen LogP contribution in [0.3, 0.4) is 0 Å². The second-order valence-electron chi connectivity index (χ2n) is 5.86. The molecule has 0 fully saturated rings. The summed E-state index contributed by atoms with van der Waals surface area (Å²) >= 11 is 1.68. The topological polar surface area (TPSA) is 67.8 Å². The van der Waals surface area contributed by atoms with Gasteiger partial charge >= 0.3 is 0 Å². The highest BCUT2D eigenvalue weighted by Gasteiger charge is 2.06. The molecule has 0 aliphatic heterocycles. The van der Waals surface area contributed by atoms with E-state index in [0.717, 1.165) is 47.7 Å². The Bertz CT molecular complexity index is 702. The van der Waals surface area contributed by atoms with Crippen LogP contribution in [0.2, 0.25) is 0 Å². The van der Waals surface area contributed by atoms with Crippen LogP contribution in [0.15, 0.2) is 34.6 Å². The molecular weight excluding hydrogens is 348 g/mol. The first kappa shape index (κ1) is 20.0. The summed E-state index contributed by atoms with van der Waals surface area (Å²) in [5.74, 6) is 2.36. The zero-order valence-electron chi connectivity index (χ0n) is 15.9. The fourth-order valence-electron chi connectivity index (χ4n) is 2.34. The summed E-state index contributed by atoms with van der Waals surface area (Å²) in [6, 6.07) is 7.60. The monoisotopic (exact) mass is 376 g/mol. The molecule has 2 aromatic rings. The molecule has 0 bridgehead atoms. The Labute approximate surface area is 159 Å². The summed E-state index contributed by atoms with van der Waals surface area (Å²) in [5, 5.41) is 9.80. The number of methoxy groups -OCH3 is 1. The zero-order valence-corrected chi connectivity index (χ0v) is 16.7. The Kier molecular flexibility index (Phi) is 8.21.